The van der Waals surface area contributed by atoms with Gasteiger partial charge in [0.15, 0.2) is 0 Å². The van der Waals surface area contributed by atoms with Crippen LogP contribution in [0.25, 0.3) is 0 Å². The van der Waals surface area contributed by atoms with Crippen molar-refractivity contribution in [3.8, 4) is 5.75 Å². The molecule has 1 aromatic carbocycles. The molecule has 0 fully saturated rings. The van der Waals surface area contributed by atoms with Crippen LogP contribution in [0.2, 0.25) is 0 Å². The number of benzene rings is 1. The summed E-state index contributed by atoms with van der Waals surface area (Å²) in [5.74, 6) is 0.680. The molecule has 102 valence electrons. The Morgan fingerprint density at radius 1 is 1.11 bits per heavy atom. The van der Waals surface area contributed by atoms with Gasteiger partial charge in [0.05, 0.1) is 12.7 Å². The first-order valence-electron chi connectivity index (χ1n) is 5.87. The van der Waals surface area contributed by atoms with Gasteiger partial charge >= 0.3 is 0 Å². The predicted molar refractivity (Wildman–Crippen MR) is 66.5 cm³/mol. The normalized spacial score (nSPS) is 14.2. The molecule has 0 aromatic heterocycles. The average molecular weight is 256 g/mol. The molecule has 0 saturated heterocycles. The van der Waals surface area contributed by atoms with Gasteiger partial charge in [0, 0.05) is 13.7 Å². The quantitative estimate of drug-likeness (QED) is 0.590. The van der Waals surface area contributed by atoms with E-state index in [1.54, 1.807) is 31.4 Å². The van der Waals surface area contributed by atoms with Crippen molar-refractivity contribution in [2.24, 2.45) is 0 Å². The molecule has 0 aliphatic carbocycles. The van der Waals surface area contributed by atoms with Gasteiger partial charge in [-0.05, 0) is 24.1 Å². The third-order valence-corrected chi connectivity index (χ3v) is 2.57. The van der Waals surface area contributed by atoms with Gasteiger partial charge < -0.3 is 24.8 Å². The number of hydrogen-bond donors (Lipinski definition) is 3. The Morgan fingerprint density at radius 2 is 1.78 bits per heavy atom. The molecular formula is C13H20O5. The van der Waals surface area contributed by atoms with Crippen LogP contribution in [0.4, 0.5) is 0 Å². The molecule has 1 rings (SSSR count). The summed E-state index contributed by atoms with van der Waals surface area (Å²) in [6.07, 6.45) is -1.81. The molecule has 0 heterocycles. The summed E-state index contributed by atoms with van der Waals surface area (Å²) >= 11 is 0. The summed E-state index contributed by atoms with van der Waals surface area (Å²) in [6, 6.07) is 6.82. The van der Waals surface area contributed by atoms with Crippen LogP contribution in [-0.4, -0.2) is 48.4 Å². The van der Waals surface area contributed by atoms with Crippen LogP contribution < -0.4 is 4.74 Å². The van der Waals surface area contributed by atoms with E-state index < -0.39 is 12.2 Å². The van der Waals surface area contributed by atoms with Crippen molar-refractivity contribution < 1.29 is 24.8 Å². The fourth-order valence-electron chi connectivity index (χ4n) is 1.52. The third kappa shape index (κ3) is 4.62. The van der Waals surface area contributed by atoms with E-state index in [-0.39, 0.29) is 13.0 Å². The van der Waals surface area contributed by atoms with Crippen LogP contribution in [0.1, 0.15) is 18.1 Å². The molecular weight excluding hydrogens is 236 g/mol. The van der Waals surface area contributed by atoms with Crippen molar-refractivity contribution in [2.45, 2.75) is 18.6 Å². The Balaban J connectivity index is 2.53. The molecule has 1 aromatic rings. The maximum absolute atomic E-state index is 9.80. The largest absolute Gasteiger partial charge is 0.491 e. The first-order chi connectivity index (χ1) is 8.69. The molecule has 0 aliphatic rings. The zero-order valence-electron chi connectivity index (χ0n) is 10.5. The van der Waals surface area contributed by atoms with Crippen molar-refractivity contribution >= 4 is 0 Å². The number of ether oxygens (including phenoxy) is 2. The van der Waals surface area contributed by atoms with Gasteiger partial charge in [-0.25, -0.2) is 0 Å². The Bertz CT molecular complexity index is 325. The van der Waals surface area contributed by atoms with Gasteiger partial charge in [0.1, 0.15) is 18.5 Å². The zero-order chi connectivity index (χ0) is 13.4. The van der Waals surface area contributed by atoms with E-state index in [1.807, 2.05) is 0 Å². The van der Waals surface area contributed by atoms with Gasteiger partial charge in [-0.3, -0.25) is 0 Å². The molecule has 5 heteroatoms. The second-order valence-electron chi connectivity index (χ2n) is 3.93. The summed E-state index contributed by atoms with van der Waals surface area (Å²) in [5.41, 5.74) is 0.593. The molecule has 2 unspecified atom stereocenters. The lowest BCUT2D eigenvalue weighted by Gasteiger charge is -2.17. The summed E-state index contributed by atoms with van der Waals surface area (Å²) < 4.78 is 10.2. The van der Waals surface area contributed by atoms with Crippen LogP contribution in [0.5, 0.6) is 5.75 Å². The highest BCUT2D eigenvalue weighted by Gasteiger charge is 2.17. The molecule has 0 amide bonds. The standard InChI is InChI=1S/C13H20O5/c1-17-8-9-18-11-4-2-10(3-5-11)13(16)12(15)6-7-14/h2-5,12-16H,6-9H2,1H3. The average Bonchev–Trinajstić information content (AvgIpc) is 2.39. The Kier molecular flexibility index (Phi) is 6.67. The lowest BCUT2D eigenvalue weighted by Crippen LogP contribution is -2.19. The van der Waals surface area contributed by atoms with Crippen molar-refractivity contribution in [1.29, 1.82) is 0 Å². The molecule has 0 aliphatic heterocycles. The molecule has 0 radical (unpaired) electrons. The highest BCUT2D eigenvalue weighted by Crippen LogP contribution is 2.21. The van der Waals surface area contributed by atoms with Crippen LogP contribution in [0, 0.1) is 0 Å². The number of aliphatic hydroxyl groups excluding tert-OH is 3. The SMILES string of the molecule is COCCOc1ccc(C(O)C(O)CCO)cc1. The predicted octanol–water partition coefficient (Wildman–Crippen LogP) is 0.489. The van der Waals surface area contributed by atoms with E-state index >= 15 is 0 Å². The van der Waals surface area contributed by atoms with Crippen LogP contribution in [-0.2, 0) is 4.74 Å². The fourth-order valence-corrected chi connectivity index (χ4v) is 1.52. The van der Waals surface area contributed by atoms with Crippen LogP contribution in [0.3, 0.4) is 0 Å². The van der Waals surface area contributed by atoms with Gasteiger partial charge in [-0.2, -0.15) is 0 Å². The van der Waals surface area contributed by atoms with Gasteiger partial charge in [0.25, 0.3) is 0 Å². The Hall–Kier alpha value is -1.14. The van der Waals surface area contributed by atoms with Crippen LogP contribution in [0.15, 0.2) is 24.3 Å². The first-order valence-corrected chi connectivity index (χ1v) is 5.87. The van der Waals surface area contributed by atoms with Gasteiger partial charge in [0.2, 0.25) is 0 Å². The van der Waals surface area contributed by atoms with E-state index in [2.05, 4.69) is 0 Å². The smallest absolute Gasteiger partial charge is 0.119 e. The van der Waals surface area contributed by atoms with E-state index in [1.165, 1.54) is 0 Å². The summed E-state index contributed by atoms with van der Waals surface area (Å²) in [5, 5.41) is 28.1. The first kappa shape index (κ1) is 14.9. The number of methoxy groups -OCH3 is 1. The van der Waals surface area contributed by atoms with Gasteiger partial charge in [-0.15, -0.1) is 0 Å². The number of rotatable bonds is 8. The topological polar surface area (TPSA) is 79.2 Å². The van der Waals surface area contributed by atoms with E-state index in [9.17, 15) is 10.2 Å². The zero-order valence-corrected chi connectivity index (χ0v) is 10.5. The Labute approximate surface area is 107 Å². The monoisotopic (exact) mass is 256 g/mol. The number of aliphatic hydroxyl groups is 3. The lowest BCUT2D eigenvalue weighted by atomic mass is 10.0. The highest BCUT2D eigenvalue weighted by atomic mass is 16.5. The second kappa shape index (κ2) is 8.05. The van der Waals surface area contributed by atoms with Crippen molar-refractivity contribution in [2.75, 3.05) is 26.9 Å². The minimum absolute atomic E-state index is 0.146. The second-order valence-corrected chi connectivity index (χ2v) is 3.93. The minimum Gasteiger partial charge on any atom is -0.491 e. The maximum Gasteiger partial charge on any atom is 0.119 e. The molecule has 2 atom stereocenters. The van der Waals surface area contributed by atoms with Crippen LogP contribution >= 0.6 is 0 Å². The molecule has 5 nitrogen and oxygen atoms in total. The summed E-state index contributed by atoms with van der Waals surface area (Å²) in [6.45, 7) is 0.821. The fraction of sp³-hybridized carbons (Fsp3) is 0.538. The molecule has 3 N–H and O–H groups in total. The van der Waals surface area contributed by atoms with Crippen molar-refractivity contribution in [3.05, 3.63) is 29.8 Å². The van der Waals surface area contributed by atoms with E-state index in [4.69, 9.17) is 14.6 Å². The third-order valence-electron chi connectivity index (χ3n) is 2.57. The van der Waals surface area contributed by atoms with E-state index in [0.29, 0.717) is 24.5 Å². The van der Waals surface area contributed by atoms with Gasteiger partial charge in [-0.1, -0.05) is 12.1 Å². The Morgan fingerprint density at radius 3 is 2.33 bits per heavy atom. The number of hydrogen-bond acceptors (Lipinski definition) is 5. The van der Waals surface area contributed by atoms with Crippen molar-refractivity contribution in [3.63, 3.8) is 0 Å². The van der Waals surface area contributed by atoms with Crippen molar-refractivity contribution in [1.82, 2.24) is 0 Å². The summed E-state index contributed by atoms with van der Waals surface area (Å²) in [4.78, 5) is 0. The summed E-state index contributed by atoms with van der Waals surface area (Å²) in [7, 11) is 1.60. The molecule has 0 saturated carbocycles. The minimum atomic E-state index is -0.995. The molecule has 0 spiro atoms. The lowest BCUT2D eigenvalue weighted by molar-refractivity contribution is 0.00418. The maximum atomic E-state index is 9.80. The molecule has 18 heavy (non-hydrogen) atoms. The highest BCUT2D eigenvalue weighted by molar-refractivity contribution is 5.28. The molecule has 0 bridgehead atoms. The van der Waals surface area contributed by atoms with E-state index in [0.717, 1.165) is 0 Å².